The second kappa shape index (κ2) is 5.82. The minimum atomic E-state index is -3.06. The quantitative estimate of drug-likeness (QED) is 0.870. The van der Waals surface area contributed by atoms with Gasteiger partial charge in [0.1, 0.15) is 0 Å². The first-order valence-electron chi connectivity index (χ1n) is 8.23. The summed E-state index contributed by atoms with van der Waals surface area (Å²) in [7, 11) is -3.06. The molecular formula is C16H32N2O2S. The molecule has 21 heavy (non-hydrogen) atoms. The molecule has 1 aliphatic carbocycles. The van der Waals surface area contributed by atoms with Crippen LogP contribution >= 0.6 is 0 Å². The van der Waals surface area contributed by atoms with Crippen molar-refractivity contribution in [3.8, 4) is 0 Å². The van der Waals surface area contributed by atoms with Crippen molar-refractivity contribution < 1.29 is 8.42 Å². The van der Waals surface area contributed by atoms with E-state index in [2.05, 4.69) is 20.8 Å². The number of nitrogens with zero attached hydrogens (tertiary/aromatic N) is 1. The van der Waals surface area contributed by atoms with Crippen molar-refractivity contribution in [2.24, 2.45) is 23.0 Å². The third-order valence-electron chi connectivity index (χ3n) is 5.13. The lowest BCUT2D eigenvalue weighted by Crippen LogP contribution is -2.52. The van der Waals surface area contributed by atoms with Gasteiger partial charge in [0.2, 0.25) is 10.0 Å². The number of sulfonamides is 1. The standard InChI is InChI=1S/C16H32N2O2S/c1-13-8-15(2,3)12-16(17,9-13)10-14-6-5-7-18(11-14)21(4,19)20/h13-14H,5-12,17H2,1-4H3. The second-order valence-corrected chi connectivity index (χ2v) is 10.5. The average molecular weight is 317 g/mol. The molecule has 0 spiro atoms. The zero-order chi connectivity index (χ0) is 15.9. The molecule has 1 aliphatic heterocycles. The molecular weight excluding hydrogens is 284 g/mol. The Balaban J connectivity index is 2.03. The van der Waals surface area contributed by atoms with E-state index in [1.807, 2.05) is 0 Å². The molecule has 2 N–H and O–H groups in total. The van der Waals surface area contributed by atoms with Gasteiger partial charge in [0.25, 0.3) is 0 Å². The Bertz CT molecular complexity index is 475. The van der Waals surface area contributed by atoms with Crippen molar-refractivity contribution in [2.45, 2.75) is 64.8 Å². The molecule has 0 amide bonds. The molecule has 0 radical (unpaired) electrons. The Morgan fingerprint density at radius 2 is 1.95 bits per heavy atom. The number of nitrogens with two attached hydrogens (primary N) is 1. The first-order chi connectivity index (χ1) is 9.49. The maximum Gasteiger partial charge on any atom is 0.211 e. The van der Waals surface area contributed by atoms with E-state index in [9.17, 15) is 8.42 Å². The van der Waals surface area contributed by atoms with E-state index in [1.165, 1.54) is 12.7 Å². The van der Waals surface area contributed by atoms with Gasteiger partial charge in [0.15, 0.2) is 0 Å². The topological polar surface area (TPSA) is 63.4 Å². The minimum absolute atomic E-state index is 0.119. The molecule has 1 saturated carbocycles. The molecule has 0 aromatic rings. The Kier molecular flexibility index (Phi) is 4.77. The third kappa shape index (κ3) is 4.67. The number of piperidine rings is 1. The molecule has 1 saturated heterocycles. The van der Waals surface area contributed by atoms with E-state index in [-0.39, 0.29) is 5.54 Å². The smallest absolute Gasteiger partial charge is 0.211 e. The zero-order valence-corrected chi connectivity index (χ0v) is 14.9. The highest BCUT2D eigenvalue weighted by Gasteiger charge is 2.42. The molecule has 3 unspecified atom stereocenters. The molecule has 2 rings (SSSR count). The largest absolute Gasteiger partial charge is 0.325 e. The van der Waals surface area contributed by atoms with Crippen LogP contribution in [-0.2, 0) is 10.0 Å². The van der Waals surface area contributed by atoms with Crippen molar-refractivity contribution in [3.63, 3.8) is 0 Å². The second-order valence-electron chi connectivity index (χ2n) is 8.55. The molecule has 2 aliphatic rings. The van der Waals surface area contributed by atoms with Gasteiger partial charge in [-0.2, -0.15) is 0 Å². The predicted octanol–water partition coefficient (Wildman–Crippen LogP) is 2.59. The van der Waals surface area contributed by atoms with E-state index >= 15 is 0 Å². The number of hydrogen-bond acceptors (Lipinski definition) is 3. The Labute approximate surface area is 130 Å². The van der Waals surface area contributed by atoms with E-state index in [0.717, 1.165) is 32.1 Å². The Morgan fingerprint density at radius 3 is 2.52 bits per heavy atom. The van der Waals surface area contributed by atoms with Gasteiger partial charge >= 0.3 is 0 Å². The lowest BCUT2D eigenvalue weighted by atomic mass is 9.62. The first kappa shape index (κ1) is 17.2. The first-order valence-corrected chi connectivity index (χ1v) is 10.1. The van der Waals surface area contributed by atoms with Gasteiger partial charge in [-0.1, -0.05) is 20.8 Å². The van der Waals surface area contributed by atoms with E-state index in [4.69, 9.17) is 5.73 Å². The lowest BCUT2D eigenvalue weighted by molar-refractivity contribution is 0.0807. The maximum atomic E-state index is 11.8. The normalized spacial score (nSPS) is 38.3. The number of hydrogen-bond donors (Lipinski definition) is 1. The average Bonchev–Trinajstić information content (AvgIpc) is 2.23. The number of rotatable bonds is 3. The van der Waals surface area contributed by atoms with Crippen molar-refractivity contribution in [2.75, 3.05) is 19.3 Å². The van der Waals surface area contributed by atoms with Gasteiger partial charge in [-0.3, -0.25) is 0 Å². The van der Waals surface area contributed by atoms with Gasteiger partial charge in [0, 0.05) is 18.6 Å². The monoisotopic (exact) mass is 316 g/mol. The summed E-state index contributed by atoms with van der Waals surface area (Å²) in [4.78, 5) is 0. The van der Waals surface area contributed by atoms with Crippen LogP contribution in [-0.4, -0.2) is 37.6 Å². The molecule has 0 aromatic heterocycles. The highest BCUT2D eigenvalue weighted by atomic mass is 32.2. The zero-order valence-electron chi connectivity index (χ0n) is 14.1. The highest BCUT2D eigenvalue weighted by molar-refractivity contribution is 7.88. The fourth-order valence-electron chi connectivity index (χ4n) is 5.03. The molecule has 0 bridgehead atoms. The molecule has 0 aromatic carbocycles. The SMILES string of the molecule is CC1CC(C)(C)CC(N)(CC2CCCN(S(C)(=O)=O)C2)C1. The third-order valence-corrected chi connectivity index (χ3v) is 6.40. The molecule has 4 nitrogen and oxygen atoms in total. The van der Waals surface area contributed by atoms with Crippen LogP contribution in [0.4, 0.5) is 0 Å². The van der Waals surface area contributed by atoms with Crippen LogP contribution in [0.3, 0.4) is 0 Å². The van der Waals surface area contributed by atoms with Crippen molar-refractivity contribution in [1.29, 1.82) is 0 Å². The van der Waals surface area contributed by atoms with Gasteiger partial charge in [-0.25, -0.2) is 12.7 Å². The van der Waals surface area contributed by atoms with Crippen LogP contribution in [0.1, 0.15) is 59.3 Å². The van der Waals surface area contributed by atoms with E-state index in [1.54, 1.807) is 4.31 Å². The van der Waals surface area contributed by atoms with Crippen molar-refractivity contribution in [3.05, 3.63) is 0 Å². The van der Waals surface area contributed by atoms with Crippen LogP contribution < -0.4 is 5.73 Å². The van der Waals surface area contributed by atoms with Gasteiger partial charge in [0.05, 0.1) is 6.26 Å². The summed E-state index contributed by atoms with van der Waals surface area (Å²) in [6, 6.07) is 0. The molecule has 5 heteroatoms. The van der Waals surface area contributed by atoms with Crippen LogP contribution in [0.5, 0.6) is 0 Å². The van der Waals surface area contributed by atoms with E-state index in [0.29, 0.717) is 30.3 Å². The van der Waals surface area contributed by atoms with Crippen molar-refractivity contribution in [1.82, 2.24) is 4.31 Å². The molecule has 3 atom stereocenters. The summed E-state index contributed by atoms with van der Waals surface area (Å²) in [5.41, 5.74) is 6.93. The van der Waals surface area contributed by atoms with Crippen molar-refractivity contribution >= 4 is 10.0 Å². The van der Waals surface area contributed by atoms with Gasteiger partial charge < -0.3 is 5.73 Å². The van der Waals surface area contributed by atoms with Gasteiger partial charge in [-0.15, -0.1) is 0 Å². The van der Waals surface area contributed by atoms with Crippen LogP contribution in [0, 0.1) is 17.3 Å². The maximum absolute atomic E-state index is 11.8. The summed E-state index contributed by atoms with van der Waals surface area (Å²) < 4.78 is 25.1. The van der Waals surface area contributed by atoms with Crippen LogP contribution in [0.25, 0.3) is 0 Å². The summed E-state index contributed by atoms with van der Waals surface area (Å²) in [5, 5.41) is 0. The minimum Gasteiger partial charge on any atom is -0.325 e. The van der Waals surface area contributed by atoms with Gasteiger partial charge in [-0.05, 0) is 55.8 Å². The predicted molar refractivity (Wildman–Crippen MR) is 87.5 cm³/mol. The molecule has 1 heterocycles. The van der Waals surface area contributed by atoms with E-state index < -0.39 is 10.0 Å². The molecule has 2 fully saturated rings. The Morgan fingerprint density at radius 1 is 1.29 bits per heavy atom. The fourth-order valence-corrected chi connectivity index (χ4v) is 5.97. The summed E-state index contributed by atoms with van der Waals surface area (Å²) >= 11 is 0. The summed E-state index contributed by atoms with van der Waals surface area (Å²) in [5.74, 6) is 1.08. The fraction of sp³-hybridized carbons (Fsp3) is 1.00. The summed E-state index contributed by atoms with van der Waals surface area (Å²) in [6.07, 6.45) is 7.73. The van der Waals surface area contributed by atoms with Crippen LogP contribution in [0.15, 0.2) is 0 Å². The summed E-state index contributed by atoms with van der Waals surface area (Å²) in [6.45, 7) is 8.26. The van der Waals surface area contributed by atoms with Crippen LogP contribution in [0.2, 0.25) is 0 Å². The Hall–Kier alpha value is -0.130. The highest BCUT2D eigenvalue weighted by Crippen LogP contribution is 2.45. The molecule has 124 valence electrons. The lowest BCUT2D eigenvalue weighted by Gasteiger charge is -2.48.